The molecular weight excluding hydrogens is 669 g/mol. The summed E-state index contributed by atoms with van der Waals surface area (Å²) in [5.41, 5.74) is 1.09. The second kappa shape index (κ2) is 10.7. The number of nitrogens with zero attached hydrogens (tertiary/aromatic N) is 3. The van der Waals surface area contributed by atoms with Gasteiger partial charge < -0.3 is 9.84 Å². The number of carbonyl (C=O) groups excluding carboxylic acids is 4. The van der Waals surface area contributed by atoms with Crippen molar-refractivity contribution in [2.75, 3.05) is 23.6 Å². The molecule has 3 fully saturated rings. The molecule has 4 aliphatic rings. The number of aliphatic hydroxyl groups is 1. The summed E-state index contributed by atoms with van der Waals surface area (Å²) in [4.78, 5) is 63.9. The van der Waals surface area contributed by atoms with E-state index >= 15 is 0 Å². The number of fused-ring (bicyclic) bond motifs is 4. The Morgan fingerprint density at radius 2 is 1.67 bits per heavy atom. The Morgan fingerprint density at radius 3 is 2.28 bits per heavy atom. The predicted molar refractivity (Wildman–Crippen MR) is 158 cm³/mol. The van der Waals surface area contributed by atoms with E-state index in [1.54, 1.807) is 24.3 Å². The second-order valence-corrected chi connectivity index (χ2v) is 12.7. The number of non-ortho nitro benzene ring substituents is 1. The van der Waals surface area contributed by atoms with E-state index in [2.05, 4.69) is 15.9 Å². The Balaban J connectivity index is 1.45. The zero-order valence-electron chi connectivity index (χ0n) is 22.3. The number of hydrogen-bond acceptors (Lipinski definition) is 8. The number of rotatable bonds is 7. The van der Waals surface area contributed by atoms with Crippen molar-refractivity contribution in [3.05, 3.63) is 75.9 Å². The normalized spacial score (nSPS) is 31.5. The van der Waals surface area contributed by atoms with Gasteiger partial charge in [0.15, 0.2) is 9.75 Å². The number of allylic oxidation sites excluding steroid dienone is 2. The first-order valence-electron chi connectivity index (χ1n) is 13.5. The molecule has 224 valence electrons. The number of halogens is 3. The molecule has 0 spiro atoms. The number of nitro benzene ring substituents is 1. The summed E-state index contributed by atoms with van der Waals surface area (Å²) in [6.45, 7) is -0.0956. The zero-order valence-corrected chi connectivity index (χ0v) is 25.4. The lowest BCUT2D eigenvalue weighted by Crippen LogP contribution is -2.60. The number of hydrogen-bond donors (Lipinski definition) is 1. The topological polar surface area (TPSA) is 147 Å². The van der Waals surface area contributed by atoms with Gasteiger partial charge in [-0.1, -0.05) is 39.7 Å². The molecule has 0 unspecified atom stereocenters. The lowest BCUT2D eigenvalue weighted by molar-refractivity contribution is -0.384. The van der Waals surface area contributed by atoms with Crippen LogP contribution in [0.25, 0.3) is 0 Å². The third-order valence-electron chi connectivity index (χ3n) is 8.91. The fourth-order valence-corrected chi connectivity index (χ4v) is 8.45. The first-order valence-corrected chi connectivity index (χ1v) is 15.3. The molecule has 14 heteroatoms. The molecule has 0 radical (unpaired) electrons. The number of aliphatic hydroxyl groups excluding tert-OH is 1. The van der Waals surface area contributed by atoms with E-state index in [9.17, 15) is 29.3 Å². The largest absolute Gasteiger partial charge is 0.491 e. The fourth-order valence-electron chi connectivity index (χ4n) is 7.02. The SMILES string of the molecule is O=C1[C@H]2[C@H](CC=C3[C@H]2C[C@@]2(Cl)C(=O)N(CBr)C(=O)[C@@]2(Cl)[C@H]3c2ccc(OCCO)cc2)C(=O)N1c1ccc([N+](=O)[O-])cc1. The highest BCUT2D eigenvalue weighted by Crippen LogP contribution is 2.65. The van der Waals surface area contributed by atoms with Crippen LogP contribution in [0, 0.1) is 27.9 Å². The highest BCUT2D eigenvalue weighted by Gasteiger charge is 2.76. The minimum Gasteiger partial charge on any atom is -0.491 e. The molecule has 0 aromatic heterocycles. The van der Waals surface area contributed by atoms with Gasteiger partial charge in [0.2, 0.25) is 11.8 Å². The molecule has 11 nitrogen and oxygen atoms in total. The van der Waals surface area contributed by atoms with Gasteiger partial charge in [0, 0.05) is 18.1 Å². The average Bonchev–Trinajstić information content (AvgIpc) is 3.34. The molecule has 6 atom stereocenters. The Labute approximate surface area is 263 Å². The summed E-state index contributed by atoms with van der Waals surface area (Å²) in [5.74, 6) is -5.13. The third kappa shape index (κ3) is 4.17. The number of amides is 4. The lowest BCUT2D eigenvalue weighted by atomic mass is 9.56. The van der Waals surface area contributed by atoms with Gasteiger partial charge in [0.25, 0.3) is 17.5 Å². The van der Waals surface area contributed by atoms with Gasteiger partial charge in [-0.2, -0.15) is 0 Å². The van der Waals surface area contributed by atoms with Crippen LogP contribution >= 0.6 is 39.1 Å². The minimum absolute atomic E-state index is 0.0813. The van der Waals surface area contributed by atoms with Gasteiger partial charge in [-0.3, -0.25) is 39.1 Å². The molecule has 2 aromatic rings. The van der Waals surface area contributed by atoms with Crippen molar-refractivity contribution in [3.63, 3.8) is 0 Å². The van der Waals surface area contributed by atoms with E-state index in [0.29, 0.717) is 16.9 Å². The highest BCUT2D eigenvalue weighted by molar-refractivity contribution is 9.09. The number of likely N-dealkylation sites (tertiary alicyclic amines) is 1. The monoisotopic (exact) mass is 691 g/mol. The van der Waals surface area contributed by atoms with Crippen molar-refractivity contribution < 1.29 is 33.9 Å². The van der Waals surface area contributed by atoms with Crippen molar-refractivity contribution in [2.24, 2.45) is 17.8 Å². The van der Waals surface area contributed by atoms with Crippen LogP contribution in [0.1, 0.15) is 24.3 Å². The summed E-state index contributed by atoms with van der Waals surface area (Å²) in [6, 6.07) is 11.9. The minimum atomic E-state index is -1.93. The Morgan fingerprint density at radius 1 is 1.00 bits per heavy atom. The maximum absolute atomic E-state index is 14.0. The summed E-state index contributed by atoms with van der Waals surface area (Å²) < 4.78 is 5.48. The van der Waals surface area contributed by atoms with Gasteiger partial charge >= 0.3 is 0 Å². The van der Waals surface area contributed by atoms with Crippen LogP contribution in [0.5, 0.6) is 5.75 Å². The second-order valence-electron chi connectivity index (χ2n) is 10.9. The number of ether oxygens (including phenoxy) is 1. The third-order valence-corrected chi connectivity index (χ3v) is 10.8. The van der Waals surface area contributed by atoms with Crippen molar-refractivity contribution in [1.82, 2.24) is 4.90 Å². The summed E-state index contributed by atoms with van der Waals surface area (Å²) in [6.07, 6.45) is 1.86. The molecule has 0 bridgehead atoms. The van der Waals surface area contributed by atoms with Gasteiger partial charge in [-0.15, -0.1) is 23.2 Å². The molecule has 1 N–H and O–H groups in total. The Bertz CT molecular complexity index is 1580. The van der Waals surface area contributed by atoms with Gasteiger partial charge in [-0.25, -0.2) is 0 Å². The first kappa shape index (κ1) is 29.7. The van der Waals surface area contributed by atoms with Crippen LogP contribution in [0.3, 0.4) is 0 Å². The van der Waals surface area contributed by atoms with Crippen molar-refractivity contribution >= 4 is 74.1 Å². The molecule has 1 saturated carbocycles. The molecule has 4 amide bonds. The summed E-state index contributed by atoms with van der Waals surface area (Å²) in [7, 11) is 0. The molecule has 2 aliphatic carbocycles. The van der Waals surface area contributed by atoms with Crippen LogP contribution in [0.15, 0.2) is 60.2 Å². The van der Waals surface area contributed by atoms with Crippen LogP contribution < -0.4 is 9.64 Å². The Hall–Kier alpha value is -3.32. The number of nitro groups is 1. The summed E-state index contributed by atoms with van der Waals surface area (Å²) in [5, 5.41) is 20.2. The van der Waals surface area contributed by atoms with Crippen molar-refractivity contribution in [1.29, 1.82) is 0 Å². The van der Waals surface area contributed by atoms with E-state index in [-0.39, 0.29) is 42.9 Å². The predicted octanol–water partition coefficient (Wildman–Crippen LogP) is 3.88. The van der Waals surface area contributed by atoms with E-state index in [4.69, 9.17) is 33.0 Å². The van der Waals surface area contributed by atoms with Crippen molar-refractivity contribution in [2.45, 2.75) is 28.5 Å². The van der Waals surface area contributed by atoms with Crippen LogP contribution in [-0.2, 0) is 19.2 Å². The Kier molecular flexibility index (Phi) is 7.39. The summed E-state index contributed by atoms with van der Waals surface area (Å²) >= 11 is 17.6. The van der Waals surface area contributed by atoms with E-state index in [1.807, 2.05) is 6.08 Å². The van der Waals surface area contributed by atoms with E-state index in [0.717, 1.165) is 9.80 Å². The smallest absolute Gasteiger partial charge is 0.269 e. The maximum Gasteiger partial charge on any atom is 0.269 e. The van der Waals surface area contributed by atoms with Crippen molar-refractivity contribution in [3.8, 4) is 5.75 Å². The number of alkyl halides is 3. The fraction of sp³-hybridized carbons (Fsp3) is 0.379. The quantitative estimate of drug-likeness (QED) is 0.115. The van der Waals surface area contributed by atoms with Crippen LogP contribution in [-0.4, -0.2) is 67.0 Å². The molecular formula is C29H24BrCl2N3O8. The number of benzene rings is 2. The average molecular weight is 693 g/mol. The maximum atomic E-state index is 14.0. The zero-order chi connectivity index (χ0) is 30.8. The molecule has 2 heterocycles. The molecule has 6 rings (SSSR count). The molecule has 2 aromatic carbocycles. The van der Waals surface area contributed by atoms with Gasteiger partial charge in [0.1, 0.15) is 12.4 Å². The number of carbonyl (C=O) groups is 4. The first-order chi connectivity index (χ1) is 20.5. The molecule has 2 saturated heterocycles. The van der Waals surface area contributed by atoms with Crippen LogP contribution in [0.4, 0.5) is 11.4 Å². The van der Waals surface area contributed by atoms with E-state index < -0.39 is 62.0 Å². The van der Waals surface area contributed by atoms with Gasteiger partial charge in [0.05, 0.1) is 34.5 Å². The standard InChI is InChI=1S/C29H24BrCl2N3O8/c30-14-33-26(39)28(31)13-21-19(23(29(28,32)27(33)40)15-1-7-18(8-2-15)43-12-11-36)9-10-20-22(21)25(38)34(24(20)37)16-3-5-17(6-4-16)35(41)42/h1-9,20-23,36H,10-14H2/t20-,21+,22-,23-,28+,29-/m0/s1. The lowest BCUT2D eigenvalue weighted by Gasteiger charge is -2.50. The highest BCUT2D eigenvalue weighted by atomic mass is 79.9. The van der Waals surface area contributed by atoms with Gasteiger partial charge in [-0.05, 0) is 48.6 Å². The van der Waals surface area contributed by atoms with Crippen LogP contribution in [0.2, 0.25) is 0 Å². The molecule has 43 heavy (non-hydrogen) atoms. The van der Waals surface area contributed by atoms with E-state index in [1.165, 1.54) is 24.3 Å². The number of anilines is 1. The number of imide groups is 2. The molecule has 2 aliphatic heterocycles.